The summed E-state index contributed by atoms with van der Waals surface area (Å²) in [6.45, 7) is 0.417. The third-order valence-electron chi connectivity index (χ3n) is 0.860. The molecule has 0 atom stereocenters. The van der Waals surface area contributed by atoms with Crippen molar-refractivity contribution in [2.75, 3.05) is 26.0 Å². The van der Waals surface area contributed by atoms with E-state index in [0.29, 0.717) is 11.9 Å². The van der Waals surface area contributed by atoms with Crippen molar-refractivity contribution in [1.29, 1.82) is 0 Å². The SMILES string of the molecule is CN(C)S(=O)(=O)NCCBr. The first-order valence-corrected chi connectivity index (χ1v) is 5.30. The van der Waals surface area contributed by atoms with E-state index in [0.717, 1.165) is 4.31 Å². The standard InChI is InChI=1S/C4H11BrN2O2S/c1-7(2)10(8,9)6-4-3-5/h6H,3-4H2,1-2H3. The molecule has 0 aliphatic heterocycles. The molecule has 0 aliphatic rings. The fraction of sp³-hybridized carbons (Fsp3) is 1.00. The molecule has 4 nitrogen and oxygen atoms in total. The van der Waals surface area contributed by atoms with Gasteiger partial charge in [0.1, 0.15) is 0 Å². The summed E-state index contributed by atoms with van der Waals surface area (Å²) in [6, 6.07) is 0. The van der Waals surface area contributed by atoms with Crippen molar-refractivity contribution in [3.63, 3.8) is 0 Å². The molecule has 1 N–H and O–H groups in total. The van der Waals surface area contributed by atoms with Crippen molar-refractivity contribution in [1.82, 2.24) is 9.03 Å². The molecule has 0 aromatic carbocycles. The van der Waals surface area contributed by atoms with Gasteiger partial charge in [-0.05, 0) is 0 Å². The Morgan fingerprint density at radius 1 is 1.50 bits per heavy atom. The normalized spacial score (nSPS) is 12.4. The maximum Gasteiger partial charge on any atom is 0.278 e. The number of alkyl halides is 1. The summed E-state index contributed by atoms with van der Waals surface area (Å²) in [5, 5.41) is 0.625. The molecule has 0 heterocycles. The van der Waals surface area contributed by atoms with Crippen LogP contribution in [0, 0.1) is 0 Å². The van der Waals surface area contributed by atoms with E-state index < -0.39 is 10.2 Å². The van der Waals surface area contributed by atoms with Gasteiger partial charge in [0.05, 0.1) is 0 Å². The largest absolute Gasteiger partial charge is 0.278 e. The third-order valence-corrected chi connectivity index (χ3v) is 2.79. The second-order valence-corrected chi connectivity index (χ2v) is 4.63. The van der Waals surface area contributed by atoms with E-state index >= 15 is 0 Å². The Bertz CT molecular complexity index is 178. The Balaban J connectivity index is 3.90. The van der Waals surface area contributed by atoms with E-state index in [1.54, 1.807) is 0 Å². The number of hydrogen-bond donors (Lipinski definition) is 1. The fourth-order valence-electron chi connectivity index (χ4n) is 0.297. The Morgan fingerprint density at radius 2 is 2.00 bits per heavy atom. The molecule has 0 aliphatic carbocycles. The average molecular weight is 231 g/mol. The molecule has 10 heavy (non-hydrogen) atoms. The third kappa shape index (κ3) is 3.50. The molecule has 0 rings (SSSR count). The van der Waals surface area contributed by atoms with E-state index in [1.807, 2.05) is 0 Å². The van der Waals surface area contributed by atoms with E-state index in [9.17, 15) is 8.42 Å². The van der Waals surface area contributed by atoms with Crippen molar-refractivity contribution >= 4 is 26.1 Å². The van der Waals surface area contributed by atoms with Gasteiger partial charge in [0.25, 0.3) is 10.2 Å². The second kappa shape index (κ2) is 4.27. The average Bonchev–Trinajstić information content (AvgIpc) is 1.84. The molecule has 0 spiro atoms. The Kier molecular flexibility index (Phi) is 4.42. The number of hydrogen-bond acceptors (Lipinski definition) is 2. The van der Waals surface area contributed by atoms with Crippen LogP contribution in [0.25, 0.3) is 0 Å². The van der Waals surface area contributed by atoms with Gasteiger partial charge in [-0.25, -0.2) is 4.72 Å². The van der Waals surface area contributed by atoms with Crippen molar-refractivity contribution in [2.45, 2.75) is 0 Å². The monoisotopic (exact) mass is 230 g/mol. The molecule has 0 radical (unpaired) electrons. The summed E-state index contributed by atoms with van der Waals surface area (Å²) in [4.78, 5) is 0. The number of nitrogens with one attached hydrogen (secondary N) is 1. The summed E-state index contributed by atoms with van der Waals surface area (Å²) >= 11 is 3.11. The van der Waals surface area contributed by atoms with Gasteiger partial charge in [0.2, 0.25) is 0 Å². The van der Waals surface area contributed by atoms with Gasteiger partial charge in [-0.1, -0.05) is 15.9 Å². The molecule has 0 fully saturated rings. The Morgan fingerprint density at radius 3 is 2.30 bits per heavy atom. The zero-order valence-corrected chi connectivity index (χ0v) is 8.37. The van der Waals surface area contributed by atoms with Crippen LogP contribution in [0.1, 0.15) is 0 Å². The summed E-state index contributed by atoms with van der Waals surface area (Å²) < 4.78 is 25.3. The molecule has 62 valence electrons. The molecule has 0 aromatic heterocycles. The van der Waals surface area contributed by atoms with Gasteiger partial charge in [-0.2, -0.15) is 12.7 Å². The van der Waals surface area contributed by atoms with E-state index in [-0.39, 0.29) is 0 Å². The predicted octanol–water partition coefficient (Wildman–Crippen LogP) is -0.223. The highest BCUT2D eigenvalue weighted by molar-refractivity contribution is 9.09. The minimum absolute atomic E-state index is 0.417. The van der Waals surface area contributed by atoms with Gasteiger partial charge in [0.15, 0.2) is 0 Å². The topological polar surface area (TPSA) is 49.4 Å². The maximum absolute atomic E-state index is 10.9. The molecule has 6 heteroatoms. The molecule has 0 saturated heterocycles. The molecular formula is C4H11BrN2O2S. The molecular weight excluding hydrogens is 220 g/mol. The van der Waals surface area contributed by atoms with Crippen molar-refractivity contribution in [3.05, 3.63) is 0 Å². The highest BCUT2D eigenvalue weighted by Crippen LogP contribution is 1.87. The Hall–Kier alpha value is 0.350. The quantitative estimate of drug-likeness (QED) is 0.680. The predicted molar refractivity (Wildman–Crippen MR) is 44.4 cm³/mol. The molecule has 0 aromatic rings. The first-order chi connectivity index (χ1) is 4.50. The summed E-state index contributed by atoms with van der Waals surface area (Å²) in [6.07, 6.45) is 0. The van der Waals surface area contributed by atoms with Gasteiger partial charge in [-0.15, -0.1) is 0 Å². The van der Waals surface area contributed by atoms with Crippen LogP contribution in [-0.4, -0.2) is 38.7 Å². The van der Waals surface area contributed by atoms with Crippen LogP contribution < -0.4 is 4.72 Å². The molecule has 0 amide bonds. The number of rotatable bonds is 4. The Labute approximate surface area is 69.9 Å². The smallest absolute Gasteiger partial charge is 0.201 e. The highest BCUT2D eigenvalue weighted by Gasteiger charge is 2.10. The van der Waals surface area contributed by atoms with E-state index in [4.69, 9.17) is 0 Å². The van der Waals surface area contributed by atoms with Crippen LogP contribution in [0.15, 0.2) is 0 Å². The van der Waals surface area contributed by atoms with Gasteiger partial charge in [-0.3, -0.25) is 0 Å². The number of halogens is 1. The lowest BCUT2D eigenvalue weighted by molar-refractivity contribution is 0.508. The van der Waals surface area contributed by atoms with Gasteiger partial charge >= 0.3 is 0 Å². The zero-order valence-electron chi connectivity index (χ0n) is 5.96. The van der Waals surface area contributed by atoms with Crippen molar-refractivity contribution < 1.29 is 8.42 Å². The van der Waals surface area contributed by atoms with E-state index in [1.165, 1.54) is 14.1 Å². The van der Waals surface area contributed by atoms with Crippen LogP contribution >= 0.6 is 15.9 Å². The van der Waals surface area contributed by atoms with Crippen LogP contribution in [0.5, 0.6) is 0 Å². The van der Waals surface area contributed by atoms with Crippen molar-refractivity contribution in [2.24, 2.45) is 0 Å². The lowest BCUT2D eigenvalue weighted by Crippen LogP contribution is -2.36. The highest BCUT2D eigenvalue weighted by atomic mass is 79.9. The summed E-state index contributed by atoms with van der Waals surface area (Å²) in [5.41, 5.74) is 0. The van der Waals surface area contributed by atoms with E-state index in [2.05, 4.69) is 20.7 Å². The molecule has 0 saturated carbocycles. The summed E-state index contributed by atoms with van der Waals surface area (Å²) in [7, 11) is -0.242. The molecule has 0 unspecified atom stereocenters. The fourth-order valence-corrected chi connectivity index (χ4v) is 1.38. The van der Waals surface area contributed by atoms with Crippen molar-refractivity contribution in [3.8, 4) is 0 Å². The minimum atomic E-state index is -3.21. The van der Waals surface area contributed by atoms with Gasteiger partial charge in [0, 0.05) is 26.0 Å². The van der Waals surface area contributed by atoms with Crippen LogP contribution in [0.4, 0.5) is 0 Å². The first kappa shape index (κ1) is 10.3. The maximum atomic E-state index is 10.9. The van der Waals surface area contributed by atoms with Crippen LogP contribution in [-0.2, 0) is 10.2 Å². The first-order valence-electron chi connectivity index (χ1n) is 2.74. The lowest BCUT2D eigenvalue weighted by atomic mass is 10.8. The molecule has 0 bridgehead atoms. The van der Waals surface area contributed by atoms with Gasteiger partial charge < -0.3 is 0 Å². The van der Waals surface area contributed by atoms with Crippen LogP contribution in [0.3, 0.4) is 0 Å². The zero-order chi connectivity index (χ0) is 8.20. The second-order valence-electron chi connectivity index (χ2n) is 1.87. The minimum Gasteiger partial charge on any atom is -0.201 e. The number of nitrogens with zero attached hydrogens (tertiary/aromatic N) is 1. The van der Waals surface area contributed by atoms with Crippen LogP contribution in [0.2, 0.25) is 0 Å². The lowest BCUT2D eigenvalue weighted by Gasteiger charge is -2.10. The summed E-state index contributed by atoms with van der Waals surface area (Å²) in [5.74, 6) is 0.